The van der Waals surface area contributed by atoms with E-state index in [4.69, 9.17) is 0 Å². The summed E-state index contributed by atoms with van der Waals surface area (Å²) in [5.74, 6) is -0.219. The largest absolute Gasteiger partial charge is 0.302 e. The molecule has 6 heteroatoms. The maximum atomic E-state index is 12.1. The molecule has 0 fully saturated rings. The van der Waals surface area contributed by atoms with Gasteiger partial charge in [-0.15, -0.1) is 22.7 Å². The fourth-order valence-electron chi connectivity index (χ4n) is 2.52. The topological polar surface area (TPSA) is 59.1 Å². The molecule has 1 aromatic carbocycles. The number of ketones is 1. The molecule has 3 rings (SSSR count). The molecule has 0 bridgehead atoms. The summed E-state index contributed by atoms with van der Waals surface area (Å²) in [7, 11) is 0. The van der Waals surface area contributed by atoms with Gasteiger partial charge in [0.1, 0.15) is 0 Å². The molecular weight excluding hydrogens is 352 g/mol. The van der Waals surface area contributed by atoms with Crippen LogP contribution in [0.15, 0.2) is 41.8 Å². The van der Waals surface area contributed by atoms with E-state index in [0.717, 1.165) is 11.3 Å². The van der Waals surface area contributed by atoms with E-state index in [1.165, 1.54) is 21.1 Å². The Balaban J connectivity index is 1.57. The van der Waals surface area contributed by atoms with Crippen molar-refractivity contribution in [3.63, 3.8) is 0 Å². The van der Waals surface area contributed by atoms with Crippen LogP contribution in [0.5, 0.6) is 0 Å². The van der Waals surface area contributed by atoms with E-state index >= 15 is 0 Å². The first kappa shape index (κ1) is 17.5. The minimum Gasteiger partial charge on any atom is -0.302 e. The zero-order chi connectivity index (χ0) is 17.8. The van der Waals surface area contributed by atoms with Crippen LogP contribution in [0, 0.1) is 13.8 Å². The predicted molar refractivity (Wildman–Crippen MR) is 104 cm³/mol. The van der Waals surface area contributed by atoms with Gasteiger partial charge < -0.3 is 5.32 Å². The summed E-state index contributed by atoms with van der Waals surface area (Å²) in [4.78, 5) is 31.1. The average molecular weight is 370 g/mol. The van der Waals surface area contributed by atoms with E-state index in [2.05, 4.69) is 30.2 Å². The van der Waals surface area contributed by atoms with Gasteiger partial charge >= 0.3 is 0 Å². The van der Waals surface area contributed by atoms with Crippen molar-refractivity contribution in [3.05, 3.63) is 57.1 Å². The lowest BCUT2D eigenvalue weighted by Gasteiger charge is -2.02. The Kier molecular flexibility index (Phi) is 5.40. The molecular formula is C19H18N2O2S2. The number of aromatic nitrogens is 1. The third-order valence-electron chi connectivity index (χ3n) is 3.74. The van der Waals surface area contributed by atoms with Gasteiger partial charge in [-0.3, -0.25) is 9.59 Å². The summed E-state index contributed by atoms with van der Waals surface area (Å²) < 4.78 is 0. The number of amides is 1. The SMILES string of the molecule is Cc1cc(-c2csc(NC(=O)CCC(=O)c3ccccc3)n2)c(C)s1. The first-order chi connectivity index (χ1) is 12.0. The van der Waals surface area contributed by atoms with Gasteiger partial charge in [0.05, 0.1) is 5.69 Å². The Morgan fingerprint density at radius 1 is 1.12 bits per heavy atom. The number of anilines is 1. The summed E-state index contributed by atoms with van der Waals surface area (Å²) in [6.45, 7) is 4.14. The van der Waals surface area contributed by atoms with Gasteiger partial charge in [-0.1, -0.05) is 30.3 Å². The molecule has 0 aliphatic rings. The van der Waals surface area contributed by atoms with Gasteiger partial charge in [0.25, 0.3) is 0 Å². The number of carbonyl (C=O) groups excluding carboxylic acids is 2. The van der Waals surface area contributed by atoms with Crippen LogP contribution in [-0.4, -0.2) is 16.7 Å². The first-order valence-corrected chi connectivity index (χ1v) is 9.63. The van der Waals surface area contributed by atoms with Gasteiger partial charge in [-0.2, -0.15) is 0 Å². The van der Waals surface area contributed by atoms with Crippen molar-refractivity contribution in [3.8, 4) is 11.3 Å². The third-order valence-corrected chi connectivity index (χ3v) is 5.47. The molecule has 0 unspecified atom stereocenters. The van der Waals surface area contributed by atoms with E-state index in [1.54, 1.807) is 23.5 Å². The third kappa shape index (κ3) is 4.41. The summed E-state index contributed by atoms with van der Waals surface area (Å²) >= 11 is 3.13. The molecule has 2 heterocycles. The Hall–Kier alpha value is -2.31. The van der Waals surface area contributed by atoms with Crippen molar-refractivity contribution >= 4 is 39.5 Å². The number of carbonyl (C=O) groups is 2. The van der Waals surface area contributed by atoms with Crippen LogP contribution in [-0.2, 0) is 4.79 Å². The molecule has 3 aromatic rings. The van der Waals surface area contributed by atoms with Crippen molar-refractivity contribution < 1.29 is 9.59 Å². The number of aryl methyl sites for hydroxylation is 2. The molecule has 2 aromatic heterocycles. The molecule has 1 N–H and O–H groups in total. The predicted octanol–water partition coefficient (Wildman–Crippen LogP) is 5.09. The summed E-state index contributed by atoms with van der Waals surface area (Å²) in [5.41, 5.74) is 2.62. The zero-order valence-electron chi connectivity index (χ0n) is 14.0. The fraction of sp³-hybridized carbons (Fsp3) is 0.211. The van der Waals surface area contributed by atoms with E-state index in [0.29, 0.717) is 10.7 Å². The van der Waals surface area contributed by atoms with Gasteiger partial charge in [0.2, 0.25) is 5.91 Å². The van der Waals surface area contributed by atoms with Gasteiger partial charge in [-0.05, 0) is 19.9 Å². The Morgan fingerprint density at radius 2 is 1.88 bits per heavy atom. The second-order valence-corrected chi connectivity index (χ2v) is 8.02. The standard InChI is InChI=1S/C19H18N2O2S2/c1-12-10-15(13(2)25-12)16-11-24-19(20-16)21-18(23)9-8-17(22)14-6-4-3-5-7-14/h3-7,10-11H,8-9H2,1-2H3,(H,20,21,23). The molecule has 0 atom stereocenters. The van der Waals surface area contributed by atoms with Crippen molar-refractivity contribution in [2.75, 3.05) is 5.32 Å². The summed E-state index contributed by atoms with van der Waals surface area (Å²) in [6, 6.07) is 11.1. The highest BCUT2D eigenvalue weighted by molar-refractivity contribution is 7.14. The minimum atomic E-state index is -0.191. The number of thiazole rings is 1. The monoisotopic (exact) mass is 370 g/mol. The molecule has 4 nitrogen and oxygen atoms in total. The number of nitrogens with one attached hydrogen (secondary N) is 1. The molecule has 0 radical (unpaired) electrons. The van der Waals surface area contributed by atoms with E-state index in [1.807, 2.05) is 23.6 Å². The lowest BCUT2D eigenvalue weighted by Crippen LogP contribution is -2.13. The second-order valence-electron chi connectivity index (χ2n) is 5.70. The summed E-state index contributed by atoms with van der Waals surface area (Å²) in [5, 5.41) is 5.29. The number of nitrogens with zero attached hydrogens (tertiary/aromatic N) is 1. The molecule has 0 aliphatic heterocycles. The van der Waals surface area contributed by atoms with Crippen LogP contribution < -0.4 is 5.32 Å². The van der Waals surface area contributed by atoms with Crippen LogP contribution in [0.25, 0.3) is 11.3 Å². The molecule has 0 aliphatic carbocycles. The lowest BCUT2D eigenvalue weighted by atomic mass is 10.1. The van der Waals surface area contributed by atoms with Crippen LogP contribution in [0.1, 0.15) is 33.0 Å². The lowest BCUT2D eigenvalue weighted by molar-refractivity contribution is -0.116. The number of rotatable bonds is 6. The average Bonchev–Trinajstić information content (AvgIpc) is 3.19. The quantitative estimate of drug-likeness (QED) is 0.615. The Bertz CT molecular complexity index is 897. The molecule has 25 heavy (non-hydrogen) atoms. The van der Waals surface area contributed by atoms with E-state index < -0.39 is 0 Å². The zero-order valence-corrected chi connectivity index (χ0v) is 15.7. The molecule has 0 saturated heterocycles. The Labute approximate surface area is 154 Å². The molecule has 1 amide bonds. The van der Waals surface area contributed by atoms with Crippen molar-refractivity contribution in [1.82, 2.24) is 4.98 Å². The van der Waals surface area contributed by atoms with Crippen LogP contribution in [0.3, 0.4) is 0 Å². The van der Waals surface area contributed by atoms with E-state index in [-0.39, 0.29) is 24.5 Å². The number of thiophene rings is 1. The number of Topliss-reactive ketones (excluding diaryl/α,β-unsaturated/α-hetero) is 1. The van der Waals surface area contributed by atoms with Gasteiger partial charge in [0, 0.05) is 39.1 Å². The van der Waals surface area contributed by atoms with Gasteiger partial charge in [-0.25, -0.2) is 4.98 Å². The van der Waals surface area contributed by atoms with Crippen LogP contribution in [0.4, 0.5) is 5.13 Å². The maximum absolute atomic E-state index is 12.1. The summed E-state index contributed by atoms with van der Waals surface area (Å²) in [6.07, 6.45) is 0.343. The Morgan fingerprint density at radius 3 is 2.56 bits per heavy atom. The van der Waals surface area contributed by atoms with Crippen LogP contribution in [0.2, 0.25) is 0 Å². The number of hydrogen-bond donors (Lipinski definition) is 1. The molecule has 0 saturated carbocycles. The normalized spacial score (nSPS) is 10.6. The smallest absolute Gasteiger partial charge is 0.226 e. The van der Waals surface area contributed by atoms with E-state index in [9.17, 15) is 9.59 Å². The fourth-order valence-corrected chi connectivity index (χ4v) is 4.18. The molecule has 0 spiro atoms. The highest BCUT2D eigenvalue weighted by atomic mass is 32.1. The highest BCUT2D eigenvalue weighted by Crippen LogP contribution is 2.32. The first-order valence-electron chi connectivity index (χ1n) is 7.94. The number of hydrogen-bond acceptors (Lipinski definition) is 5. The van der Waals surface area contributed by atoms with Crippen molar-refractivity contribution in [2.24, 2.45) is 0 Å². The number of benzene rings is 1. The van der Waals surface area contributed by atoms with Gasteiger partial charge in [0.15, 0.2) is 10.9 Å². The second kappa shape index (κ2) is 7.72. The highest BCUT2D eigenvalue weighted by Gasteiger charge is 2.13. The molecule has 128 valence electrons. The van der Waals surface area contributed by atoms with Crippen molar-refractivity contribution in [1.29, 1.82) is 0 Å². The van der Waals surface area contributed by atoms with Crippen LogP contribution >= 0.6 is 22.7 Å². The van der Waals surface area contributed by atoms with Crippen molar-refractivity contribution in [2.45, 2.75) is 26.7 Å². The minimum absolute atomic E-state index is 0.0278. The maximum Gasteiger partial charge on any atom is 0.226 e.